The summed E-state index contributed by atoms with van der Waals surface area (Å²) in [5, 5.41) is 0. The zero-order valence-corrected chi connectivity index (χ0v) is 11.2. The second kappa shape index (κ2) is 6.20. The van der Waals surface area contributed by atoms with Crippen LogP contribution in [0.15, 0.2) is 42.6 Å². The zero-order valence-electron chi connectivity index (χ0n) is 11.2. The number of pyridine rings is 1. The van der Waals surface area contributed by atoms with Crippen LogP contribution in [-0.2, 0) is 0 Å². The minimum Gasteiger partial charge on any atom is -0.497 e. The molecule has 0 aliphatic rings. The molecule has 0 unspecified atom stereocenters. The lowest BCUT2D eigenvalue weighted by Crippen LogP contribution is -2.15. The van der Waals surface area contributed by atoms with Crippen molar-refractivity contribution in [3.05, 3.63) is 53.9 Å². The highest BCUT2D eigenvalue weighted by atomic mass is 16.5. The van der Waals surface area contributed by atoms with E-state index in [-0.39, 0.29) is 5.92 Å². The van der Waals surface area contributed by atoms with Crippen LogP contribution in [0.25, 0.3) is 0 Å². The van der Waals surface area contributed by atoms with Gasteiger partial charge in [0.1, 0.15) is 11.5 Å². The predicted octanol–water partition coefficient (Wildman–Crippen LogP) is 2.19. The summed E-state index contributed by atoms with van der Waals surface area (Å²) in [5.41, 5.74) is 7.94. The summed E-state index contributed by atoms with van der Waals surface area (Å²) in [5.74, 6) is 1.66. The van der Waals surface area contributed by atoms with Crippen LogP contribution in [0, 0.1) is 0 Å². The molecule has 0 radical (unpaired) electrons. The largest absolute Gasteiger partial charge is 0.497 e. The molecule has 0 aliphatic heterocycles. The highest BCUT2D eigenvalue weighted by Gasteiger charge is 2.14. The van der Waals surface area contributed by atoms with E-state index in [2.05, 4.69) is 4.98 Å². The van der Waals surface area contributed by atoms with E-state index in [9.17, 15) is 0 Å². The van der Waals surface area contributed by atoms with Gasteiger partial charge in [-0.15, -0.1) is 0 Å². The fraction of sp³-hybridized carbons (Fsp3) is 0.267. The Bertz CT molecular complexity index is 461. The maximum absolute atomic E-state index is 5.88. The number of hydrogen-bond acceptors (Lipinski definition) is 4. The number of nitrogens with zero attached hydrogens (tertiary/aromatic N) is 1. The number of benzene rings is 1. The Hall–Kier alpha value is -2.07. The SMILES string of the molecule is COc1ccc([C@H](CN)c2ccc(OC)cn2)cc1. The maximum atomic E-state index is 5.88. The number of methoxy groups -OCH3 is 2. The van der Waals surface area contributed by atoms with Crippen molar-refractivity contribution in [1.29, 1.82) is 0 Å². The number of rotatable bonds is 5. The van der Waals surface area contributed by atoms with Gasteiger partial charge in [0, 0.05) is 18.2 Å². The highest BCUT2D eigenvalue weighted by molar-refractivity contribution is 5.35. The summed E-state index contributed by atoms with van der Waals surface area (Å²) in [6.45, 7) is 0.506. The molecule has 4 nitrogen and oxygen atoms in total. The molecular weight excluding hydrogens is 240 g/mol. The number of hydrogen-bond donors (Lipinski definition) is 1. The molecule has 0 saturated carbocycles. The van der Waals surface area contributed by atoms with Gasteiger partial charge in [-0.3, -0.25) is 4.98 Å². The standard InChI is InChI=1S/C15H18N2O2/c1-18-12-5-3-11(4-6-12)14(9-16)15-8-7-13(19-2)10-17-15/h3-8,10,14H,9,16H2,1-2H3/t14-/m0/s1. The summed E-state index contributed by atoms with van der Waals surface area (Å²) < 4.78 is 10.3. The van der Waals surface area contributed by atoms with E-state index in [4.69, 9.17) is 15.2 Å². The van der Waals surface area contributed by atoms with Gasteiger partial charge in [-0.05, 0) is 29.8 Å². The number of nitrogens with two attached hydrogens (primary N) is 1. The first-order chi connectivity index (χ1) is 9.28. The normalized spacial score (nSPS) is 11.9. The third kappa shape index (κ3) is 3.03. The maximum Gasteiger partial charge on any atom is 0.137 e. The Morgan fingerprint density at radius 1 is 1.00 bits per heavy atom. The molecule has 0 bridgehead atoms. The topological polar surface area (TPSA) is 57.4 Å². The molecule has 100 valence electrons. The third-order valence-electron chi connectivity index (χ3n) is 3.11. The van der Waals surface area contributed by atoms with E-state index in [0.717, 1.165) is 22.8 Å². The Morgan fingerprint density at radius 3 is 2.11 bits per heavy atom. The van der Waals surface area contributed by atoms with Gasteiger partial charge in [-0.25, -0.2) is 0 Å². The van der Waals surface area contributed by atoms with Gasteiger partial charge >= 0.3 is 0 Å². The molecular formula is C15H18N2O2. The van der Waals surface area contributed by atoms with Crippen molar-refractivity contribution in [1.82, 2.24) is 4.98 Å². The van der Waals surface area contributed by atoms with Crippen LogP contribution in [0.1, 0.15) is 17.2 Å². The van der Waals surface area contributed by atoms with E-state index in [1.165, 1.54) is 0 Å². The van der Waals surface area contributed by atoms with Crippen LogP contribution >= 0.6 is 0 Å². The van der Waals surface area contributed by atoms with Gasteiger partial charge in [-0.1, -0.05) is 12.1 Å². The van der Waals surface area contributed by atoms with Gasteiger partial charge < -0.3 is 15.2 Å². The average molecular weight is 258 g/mol. The van der Waals surface area contributed by atoms with E-state index in [1.54, 1.807) is 20.4 Å². The van der Waals surface area contributed by atoms with Crippen molar-refractivity contribution in [2.45, 2.75) is 5.92 Å². The van der Waals surface area contributed by atoms with Crippen LogP contribution in [0.3, 0.4) is 0 Å². The lowest BCUT2D eigenvalue weighted by Gasteiger charge is -2.15. The van der Waals surface area contributed by atoms with Crippen molar-refractivity contribution in [3.63, 3.8) is 0 Å². The van der Waals surface area contributed by atoms with Gasteiger partial charge in [0.05, 0.1) is 20.4 Å². The van der Waals surface area contributed by atoms with Gasteiger partial charge in [0.15, 0.2) is 0 Å². The smallest absolute Gasteiger partial charge is 0.137 e. The van der Waals surface area contributed by atoms with Gasteiger partial charge in [0.25, 0.3) is 0 Å². The van der Waals surface area contributed by atoms with E-state index >= 15 is 0 Å². The van der Waals surface area contributed by atoms with Crippen LogP contribution in [0.5, 0.6) is 11.5 Å². The molecule has 1 heterocycles. The average Bonchev–Trinajstić information content (AvgIpc) is 2.49. The Kier molecular flexibility index (Phi) is 4.36. The van der Waals surface area contributed by atoms with E-state index < -0.39 is 0 Å². The zero-order chi connectivity index (χ0) is 13.7. The van der Waals surface area contributed by atoms with Crippen molar-refractivity contribution in [2.24, 2.45) is 5.73 Å². The minimum absolute atomic E-state index is 0.0804. The Balaban J connectivity index is 2.26. The quantitative estimate of drug-likeness (QED) is 0.893. The number of aromatic nitrogens is 1. The summed E-state index contributed by atoms with van der Waals surface area (Å²) in [7, 11) is 3.28. The lowest BCUT2D eigenvalue weighted by molar-refractivity contribution is 0.412. The van der Waals surface area contributed by atoms with Crippen molar-refractivity contribution in [3.8, 4) is 11.5 Å². The molecule has 0 spiro atoms. The molecule has 2 N–H and O–H groups in total. The fourth-order valence-electron chi connectivity index (χ4n) is 1.98. The van der Waals surface area contributed by atoms with Gasteiger partial charge in [-0.2, -0.15) is 0 Å². The number of ether oxygens (including phenoxy) is 2. The molecule has 4 heteroatoms. The first kappa shape index (κ1) is 13.4. The highest BCUT2D eigenvalue weighted by Crippen LogP contribution is 2.25. The molecule has 1 aromatic heterocycles. The minimum atomic E-state index is 0.0804. The van der Waals surface area contributed by atoms with Crippen LogP contribution in [0.2, 0.25) is 0 Å². The van der Waals surface area contributed by atoms with E-state index in [1.807, 2.05) is 36.4 Å². The second-order valence-corrected chi connectivity index (χ2v) is 4.18. The molecule has 0 aliphatic carbocycles. The predicted molar refractivity (Wildman–Crippen MR) is 74.7 cm³/mol. The summed E-state index contributed by atoms with van der Waals surface area (Å²) in [6.07, 6.45) is 1.71. The fourth-order valence-corrected chi connectivity index (χ4v) is 1.98. The second-order valence-electron chi connectivity index (χ2n) is 4.18. The van der Waals surface area contributed by atoms with Crippen LogP contribution < -0.4 is 15.2 Å². The summed E-state index contributed by atoms with van der Waals surface area (Å²) >= 11 is 0. The van der Waals surface area contributed by atoms with Crippen LogP contribution in [0.4, 0.5) is 0 Å². The van der Waals surface area contributed by atoms with Crippen molar-refractivity contribution < 1.29 is 9.47 Å². The lowest BCUT2D eigenvalue weighted by atomic mass is 9.95. The molecule has 1 aromatic carbocycles. The molecule has 1 atom stereocenters. The van der Waals surface area contributed by atoms with Gasteiger partial charge in [0.2, 0.25) is 0 Å². The first-order valence-corrected chi connectivity index (χ1v) is 6.12. The van der Waals surface area contributed by atoms with Crippen molar-refractivity contribution >= 4 is 0 Å². The summed E-state index contributed by atoms with van der Waals surface area (Å²) in [6, 6.07) is 11.7. The molecule has 2 aromatic rings. The molecule has 2 rings (SSSR count). The van der Waals surface area contributed by atoms with Crippen LogP contribution in [-0.4, -0.2) is 25.7 Å². The first-order valence-electron chi connectivity index (χ1n) is 6.12. The van der Waals surface area contributed by atoms with E-state index in [0.29, 0.717) is 6.54 Å². The third-order valence-corrected chi connectivity index (χ3v) is 3.11. The summed E-state index contributed by atoms with van der Waals surface area (Å²) in [4.78, 5) is 4.40. The Labute approximate surface area is 113 Å². The molecule has 0 fully saturated rings. The molecule has 19 heavy (non-hydrogen) atoms. The monoisotopic (exact) mass is 258 g/mol. The molecule has 0 amide bonds. The Morgan fingerprint density at radius 2 is 1.63 bits per heavy atom. The molecule has 0 saturated heterocycles. The van der Waals surface area contributed by atoms with Crippen molar-refractivity contribution in [2.75, 3.05) is 20.8 Å².